The van der Waals surface area contributed by atoms with E-state index < -0.39 is 11.9 Å². The molecule has 1 saturated carbocycles. The number of hydrogen-bond donors (Lipinski definition) is 4. The number of carbonyl (C=O) groups is 5. The number of piperidine rings is 1. The molecule has 3 aromatic carbocycles. The Kier molecular flexibility index (Phi) is 13.8. The summed E-state index contributed by atoms with van der Waals surface area (Å²) in [6.45, 7) is 1.94. The molecule has 0 unspecified atom stereocenters. The zero-order valence-corrected chi connectivity index (χ0v) is 33.5. The van der Waals surface area contributed by atoms with Gasteiger partial charge in [-0.15, -0.1) is 23.7 Å². The topological polar surface area (TPSA) is 156 Å². The predicted molar refractivity (Wildman–Crippen MR) is 223 cm³/mol. The number of aromatic carboxylic acids is 1. The highest BCUT2D eigenvalue weighted by atomic mass is 35.5. The average Bonchev–Trinajstić information content (AvgIpc) is 3.99. The lowest BCUT2D eigenvalue weighted by Gasteiger charge is -2.39. The van der Waals surface area contributed by atoms with E-state index in [-0.39, 0.29) is 48.5 Å². The van der Waals surface area contributed by atoms with Crippen molar-refractivity contribution in [2.45, 2.75) is 95.7 Å². The number of halogens is 1. The third-order valence-corrected chi connectivity index (χ3v) is 12.4. The Bertz CT molecular complexity index is 2090. The Morgan fingerprint density at radius 1 is 0.719 bits per heavy atom. The minimum atomic E-state index is -0.957. The molecule has 1 aromatic heterocycles. The molecule has 4 aromatic rings. The van der Waals surface area contributed by atoms with Crippen molar-refractivity contribution < 1.29 is 34.2 Å². The summed E-state index contributed by atoms with van der Waals surface area (Å²) < 4.78 is 0. The van der Waals surface area contributed by atoms with Gasteiger partial charge in [-0.05, 0) is 123 Å². The van der Waals surface area contributed by atoms with E-state index in [2.05, 4.69) is 15.5 Å². The highest BCUT2D eigenvalue weighted by Crippen LogP contribution is 2.39. The number of anilines is 2. The minimum absolute atomic E-state index is 0. The monoisotopic (exact) mass is 812 g/mol. The number of benzene rings is 3. The highest BCUT2D eigenvalue weighted by Gasteiger charge is 2.36. The Morgan fingerprint density at radius 2 is 1.37 bits per heavy atom. The van der Waals surface area contributed by atoms with E-state index in [1.54, 1.807) is 23.1 Å². The number of rotatable bonds is 15. The number of likely N-dealkylation sites (tertiary alicyclic amines) is 1. The van der Waals surface area contributed by atoms with Gasteiger partial charge in [0.25, 0.3) is 11.8 Å². The van der Waals surface area contributed by atoms with Gasteiger partial charge in [-0.2, -0.15) is 0 Å². The maximum atomic E-state index is 13.9. The molecule has 0 bridgehead atoms. The summed E-state index contributed by atoms with van der Waals surface area (Å²) in [5, 5.41) is 24.9. The van der Waals surface area contributed by atoms with E-state index in [0.717, 1.165) is 91.3 Å². The standard InChI is InChI=1S/C44H48N4O7S.ClH/c49-38(20-21-39(50)51)47-24-22-35(23-25-47)48(34-18-19-34)27-30-4-3-5-32(26-30)41(52)46-43-40(36-6-1-2-7-37(36)56-43)42(53)45-33-16-12-29(13-17-33)9-8-28-10-14-31(15-11-28)44(54)55;/h3-5,10-17,26,34-35H,1-2,6-9,18-25,27H2,(H,45,53)(H,46,52)(H,50,51)(H,54,55);1H. The van der Waals surface area contributed by atoms with Crippen LogP contribution in [-0.4, -0.2) is 74.8 Å². The molecule has 0 spiro atoms. The molecular weight excluding hydrogens is 764 g/mol. The summed E-state index contributed by atoms with van der Waals surface area (Å²) in [5.74, 6) is -2.49. The van der Waals surface area contributed by atoms with Crippen LogP contribution in [-0.2, 0) is 41.8 Å². The van der Waals surface area contributed by atoms with Gasteiger partial charge in [0.15, 0.2) is 0 Å². The molecule has 0 radical (unpaired) electrons. The van der Waals surface area contributed by atoms with Crippen LogP contribution in [0.2, 0.25) is 0 Å². The lowest BCUT2D eigenvalue weighted by molar-refractivity contribution is -0.141. The second-order valence-corrected chi connectivity index (χ2v) is 16.2. The first-order valence-corrected chi connectivity index (χ1v) is 20.5. The van der Waals surface area contributed by atoms with Crippen LogP contribution in [0.4, 0.5) is 10.7 Å². The number of aryl methyl sites for hydroxylation is 3. The SMILES string of the molecule is Cl.O=C(O)CCC(=O)N1CCC(N(Cc2cccc(C(=O)Nc3sc4c(c3C(=O)Nc3ccc(CCc5ccc(C(=O)O)cc5)cc3)CCCC4)c2)C2CC2)CC1. The fraction of sp³-hybridized carbons (Fsp3) is 0.386. The van der Waals surface area contributed by atoms with Crippen LogP contribution < -0.4 is 10.6 Å². The quantitative estimate of drug-likeness (QED) is 0.0946. The fourth-order valence-electron chi connectivity index (χ4n) is 7.92. The molecule has 3 aliphatic rings. The number of carbonyl (C=O) groups excluding carboxylic acids is 3. The molecule has 11 nitrogen and oxygen atoms in total. The molecule has 7 rings (SSSR count). The molecular formula is C44H49ClN4O7S. The van der Waals surface area contributed by atoms with Crippen LogP contribution in [0.3, 0.4) is 0 Å². The third kappa shape index (κ3) is 10.7. The van der Waals surface area contributed by atoms with Gasteiger partial charge in [-0.25, -0.2) is 4.79 Å². The number of fused-ring (bicyclic) bond motifs is 1. The van der Waals surface area contributed by atoms with E-state index in [4.69, 9.17) is 10.2 Å². The van der Waals surface area contributed by atoms with Crippen LogP contribution in [0.5, 0.6) is 0 Å². The highest BCUT2D eigenvalue weighted by molar-refractivity contribution is 7.17. The van der Waals surface area contributed by atoms with Crippen molar-refractivity contribution in [3.05, 3.63) is 117 Å². The van der Waals surface area contributed by atoms with Gasteiger partial charge in [-0.3, -0.25) is 24.1 Å². The van der Waals surface area contributed by atoms with Crippen molar-refractivity contribution in [2.24, 2.45) is 0 Å². The van der Waals surface area contributed by atoms with Crippen LogP contribution in [0.1, 0.15) is 110 Å². The van der Waals surface area contributed by atoms with E-state index >= 15 is 0 Å². The summed E-state index contributed by atoms with van der Waals surface area (Å²) in [7, 11) is 0. The Balaban J connectivity index is 0.00000549. The summed E-state index contributed by atoms with van der Waals surface area (Å²) in [5.41, 5.74) is 6.20. The number of amides is 3. The maximum Gasteiger partial charge on any atom is 0.335 e. The van der Waals surface area contributed by atoms with E-state index in [1.807, 2.05) is 54.6 Å². The Morgan fingerprint density at radius 3 is 2.02 bits per heavy atom. The third-order valence-electron chi connectivity index (χ3n) is 11.1. The second-order valence-electron chi connectivity index (χ2n) is 15.1. The zero-order valence-electron chi connectivity index (χ0n) is 31.8. The van der Waals surface area contributed by atoms with Crippen molar-refractivity contribution in [1.29, 1.82) is 0 Å². The van der Waals surface area contributed by atoms with Gasteiger partial charge in [0, 0.05) is 54.3 Å². The minimum Gasteiger partial charge on any atom is -0.481 e. The number of hydrogen-bond acceptors (Lipinski definition) is 7. The summed E-state index contributed by atoms with van der Waals surface area (Å²) in [6.07, 6.45) is 9.06. The number of aliphatic carboxylic acids is 1. The molecule has 2 fully saturated rings. The van der Waals surface area contributed by atoms with Gasteiger partial charge in [0.05, 0.1) is 17.5 Å². The Labute approximate surface area is 342 Å². The summed E-state index contributed by atoms with van der Waals surface area (Å²) >= 11 is 1.49. The van der Waals surface area contributed by atoms with Gasteiger partial charge in [0.1, 0.15) is 5.00 Å². The summed E-state index contributed by atoms with van der Waals surface area (Å²) in [6, 6.07) is 23.1. The largest absolute Gasteiger partial charge is 0.481 e. The summed E-state index contributed by atoms with van der Waals surface area (Å²) in [4.78, 5) is 67.8. The zero-order chi connectivity index (χ0) is 39.2. The molecule has 1 saturated heterocycles. The van der Waals surface area contributed by atoms with Crippen LogP contribution >= 0.6 is 23.7 Å². The van der Waals surface area contributed by atoms with Crippen LogP contribution in [0.25, 0.3) is 0 Å². The van der Waals surface area contributed by atoms with Crippen molar-refractivity contribution in [1.82, 2.24) is 9.80 Å². The van der Waals surface area contributed by atoms with E-state index in [0.29, 0.717) is 53.5 Å². The first-order valence-electron chi connectivity index (χ1n) is 19.6. The van der Waals surface area contributed by atoms with Crippen molar-refractivity contribution in [2.75, 3.05) is 23.7 Å². The smallest absolute Gasteiger partial charge is 0.335 e. The number of nitrogens with zero attached hydrogens (tertiary/aromatic N) is 2. The molecule has 300 valence electrons. The fourth-order valence-corrected chi connectivity index (χ4v) is 9.21. The van der Waals surface area contributed by atoms with Gasteiger partial charge < -0.3 is 25.7 Å². The van der Waals surface area contributed by atoms with Crippen molar-refractivity contribution in [3.8, 4) is 0 Å². The van der Waals surface area contributed by atoms with Crippen LogP contribution in [0, 0.1) is 0 Å². The van der Waals surface area contributed by atoms with Gasteiger partial charge >= 0.3 is 11.9 Å². The average molecular weight is 813 g/mol. The van der Waals surface area contributed by atoms with Crippen LogP contribution in [0.15, 0.2) is 72.8 Å². The number of nitrogens with one attached hydrogen (secondary N) is 2. The molecule has 57 heavy (non-hydrogen) atoms. The molecule has 13 heteroatoms. The first-order chi connectivity index (χ1) is 27.1. The molecule has 0 atom stereocenters. The number of carboxylic acid groups (broad SMARTS) is 2. The normalized spacial score (nSPS) is 15.4. The first kappa shape index (κ1) is 41.6. The molecule has 1 aliphatic heterocycles. The molecule has 3 amide bonds. The lowest BCUT2D eigenvalue weighted by atomic mass is 9.95. The number of carboxylic acids is 2. The molecule has 2 aliphatic carbocycles. The number of thiophene rings is 1. The predicted octanol–water partition coefficient (Wildman–Crippen LogP) is 7.86. The Hall–Kier alpha value is -5.04. The maximum absolute atomic E-state index is 13.9. The lowest BCUT2D eigenvalue weighted by Crippen LogP contribution is -2.47. The van der Waals surface area contributed by atoms with Gasteiger partial charge in [-0.1, -0.05) is 36.4 Å². The van der Waals surface area contributed by atoms with E-state index in [1.165, 1.54) is 11.3 Å². The second kappa shape index (κ2) is 18.9. The molecule has 2 heterocycles. The van der Waals surface area contributed by atoms with E-state index in [9.17, 15) is 24.0 Å². The van der Waals surface area contributed by atoms with Gasteiger partial charge in [0.2, 0.25) is 5.91 Å². The molecule has 4 N–H and O–H groups in total. The van der Waals surface area contributed by atoms with Crippen molar-refractivity contribution >= 4 is 64.1 Å². The van der Waals surface area contributed by atoms with Crippen molar-refractivity contribution in [3.63, 3.8) is 0 Å².